The first kappa shape index (κ1) is 13.0. The van der Waals surface area contributed by atoms with E-state index in [2.05, 4.69) is 10.5 Å². The predicted molar refractivity (Wildman–Crippen MR) is 68.4 cm³/mol. The van der Waals surface area contributed by atoms with Crippen LogP contribution in [0, 0.1) is 5.82 Å². The Labute approximate surface area is 110 Å². The summed E-state index contributed by atoms with van der Waals surface area (Å²) in [6, 6.07) is 6.06. The Morgan fingerprint density at radius 2 is 2.28 bits per heavy atom. The van der Waals surface area contributed by atoms with Gasteiger partial charge in [0.25, 0.3) is 0 Å². The molecule has 0 spiro atoms. The maximum atomic E-state index is 13.6. The van der Waals surface area contributed by atoms with Crippen molar-refractivity contribution in [1.82, 2.24) is 15.2 Å². The van der Waals surface area contributed by atoms with Crippen LogP contribution >= 0.6 is 11.6 Å². The number of benzene rings is 1. The molecule has 96 valence electrons. The minimum absolute atomic E-state index is 0.251. The molecule has 18 heavy (non-hydrogen) atoms. The number of nitrogens with one attached hydrogen (secondary N) is 1. The smallest absolute Gasteiger partial charge is 0.126 e. The number of hydrogen-bond acceptors (Lipinski definition) is 3. The van der Waals surface area contributed by atoms with Crippen molar-refractivity contribution in [1.29, 1.82) is 0 Å². The lowest BCUT2D eigenvalue weighted by Crippen LogP contribution is -2.30. The van der Waals surface area contributed by atoms with E-state index in [4.69, 9.17) is 17.4 Å². The third kappa shape index (κ3) is 2.87. The lowest BCUT2D eigenvalue weighted by Gasteiger charge is -2.14. The average Bonchev–Trinajstić information content (AvgIpc) is 2.77. The molecular formula is C12H14ClFN4. The van der Waals surface area contributed by atoms with E-state index in [1.165, 1.54) is 12.1 Å². The van der Waals surface area contributed by atoms with Gasteiger partial charge in [0.1, 0.15) is 5.82 Å². The van der Waals surface area contributed by atoms with Crippen LogP contribution in [0.3, 0.4) is 0 Å². The summed E-state index contributed by atoms with van der Waals surface area (Å²) in [5, 5.41) is 4.75. The molecule has 0 radical (unpaired) electrons. The molecule has 6 heteroatoms. The lowest BCUT2D eigenvalue weighted by molar-refractivity contribution is 0.512. The number of aromatic nitrogens is 2. The highest BCUT2D eigenvalue weighted by Gasteiger charge is 2.15. The van der Waals surface area contributed by atoms with E-state index in [1.54, 1.807) is 10.7 Å². The fraction of sp³-hybridized carbons (Fsp3) is 0.250. The standard InChI is InChI=1S/C12H14ClFN4/c1-18-5-4-11(17-18)12(16-15)7-8-6-9(13)2-3-10(8)14/h2-6,12,16H,7,15H2,1H3. The molecule has 1 atom stereocenters. The molecule has 0 saturated carbocycles. The molecule has 1 unspecified atom stereocenters. The molecular weight excluding hydrogens is 255 g/mol. The second kappa shape index (κ2) is 5.48. The summed E-state index contributed by atoms with van der Waals surface area (Å²) in [6.45, 7) is 0. The van der Waals surface area contributed by atoms with Crippen molar-refractivity contribution in [2.24, 2.45) is 12.9 Å². The molecule has 3 N–H and O–H groups in total. The maximum Gasteiger partial charge on any atom is 0.126 e. The molecule has 0 bridgehead atoms. The molecule has 0 aliphatic rings. The molecule has 1 aromatic heterocycles. The van der Waals surface area contributed by atoms with Gasteiger partial charge in [-0.3, -0.25) is 16.0 Å². The normalized spacial score (nSPS) is 12.7. The van der Waals surface area contributed by atoms with Crippen LogP contribution < -0.4 is 11.3 Å². The number of rotatable bonds is 4. The van der Waals surface area contributed by atoms with Crippen molar-refractivity contribution in [3.05, 3.63) is 52.6 Å². The van der Waals surface area contributed by atoms with Crippen molar-refractivity contribution < 1.29 is 4.39 Å². The van der Waals surface area contributed by atoms with Crippen LogP contribution in [0.2, 0.25) is 5.02 Å². The number of hydrazine groups is 1. The maximum absolute atomic E-state index is 13.6. The summed E-state index contributed by atoms with van der Waals surface area (Å²) in [5.74, 6) is 5.20. The molecule has 0 fully saturated rings. The van der Waals surface area contributed by atoms with E-state index in [0.29, 0.717) is 17.0 Å². The van der Waals surface area contributed by atoms with Gasteiger partial charge < -0.3 is 0 Å². The number of nitrogens with zero attached hydrogens (tertiary/aromatic N) is 2. The van der Waals surface area contributed by atoms with E-state index in [9.17, 15) is 4.39 Å². The summed E-state index contributed by atoms with van der Waals surface area (Å²) in [6.07, 6.45) is 2.20. The topological polar surface area (TPSA) is 55.9 Å². The van der Waals surface area contributed by atoms with Gasteiger partial charge in [-0.05, 0) is 36.2 Å². The van der Waals surface area contributed by atoms with E-state index in [0.717, 1.165) is 5.69 Å². The Morgan fingerprint density at radius 1 is 1.50 bits per heavy atom. The first-order valence-electron chi connectivity index (χ1n) is 5.49. The minimum atomic E-state index is -0.296. The van der Waals surface area contributed by atoms with E-state index >= 15 is 0 Å². The quantitative estimate of drug-likeness (QED) is 0.658. The molecule has 0 saturated heterocycles. The summed E-state index contributed by atoms with van der Waals surface area (Å²) in [5.41, 5.74) is 3.91. The van der Waals surface area contributed by atoms with Gasteiger partial charge in [-0.1, -0.05) is 11.6 Å². The van der Waals surface area contributed by atoms with Crippen LogP contribution in [-0.4, -0.2) is 9.78 Å². The van der Waals surface area contributed by atoms with Gasteiger partial charge >= 0.3 is 0 Å². The molecule has 0 aliphatic carbocycles. The zero-order valence-electron chi connectivity index (χ0n) is 9.90. The number of halogens is 2. The van der Waals surface area contributed by atoms with E-state index < -0.39 is 0 Å². The highest BCUT2D eigenvalue weighted by Crippen LogP contribution is 2.21. The van der Waals surface area contributed by atoms with Gasteiger partial charge in [-0.15, -0.1) is 0 Å². The molecule has 0 amide bonds. The third-order valence-corrected chi connectivity index (χ3v) is 2.96. The second-order valence-corrected chi connectivity index (χ2v) is 4.51. The Bertz CT molecular complexity index is 541. The van der Waals surface area contributed by atoms with Crippen LogP contribution in [0.4, 0.5) is 4.39 Å². The van der Waals surface area contributed by atoms with Crippen LogP contribution in [0.15, 0.2) is 30.5 Å². The Hall–Kier alpha value is -1.43. The number of aryl methyl sites for hydroxylation is 1. The van der Waals surface area contributed by atoms with Crippen molar-refractivity contribution in [2.45, 2.75) is 12.5 Å². The van der Waals surface area contributed by atoms with Crippen LogP contribution in [0.25, 0.3) is 0 Å². The van der Waals surface area contributed by atoms with Crippen LogP contribution in [0.5, 0.6) is 0 Å². The van der Waals surface area contributed by atoms with Crippen molar-refractivity contribution in [2.75, 3.05) is 0 Å². The molecule has 2 rings (SSSR count). The Morgan fingerprint density at radius 3 is 2.89 bits per heavy atom. The van der Waals surface area contributed by atoms with Gasteiger partial charge in [0.05, 0.1) is 11.7 Å². The summed E-state index contributed by atoms with van der Waals surface area (Å²) in [4.78, 5) is 0. The minimum Gasteiger partial charge on any atom is -0.275 e. The summed E-state index contributed by atoms with van der Waals surface area (Å²) < 4.78 is 15.3. The third-order valence-electron chi connectivity index (χ3n) is 2.72. The second-order valence-electron chi connectivity index (χ2n) is 4.07. The van der Waals surface area contributed by atoms with Gasteiger partial charge in [0, 0.05) is 18.3 Å². The van der Waals surface area contributed by atoms with Gasteiger partial charge in [-0.25, -0.2) is 4.39 Å². The van der Waals surface area contributed by atoms with Gasteiger partial charge in [-0.2, -0.15) is 5.10 Å². The highest BCUT2D eigenvalue weighted by molar-refractivity contribution is 6.30. The zero-order valence-corrected chi connectivity index (χ0v) is 10.7. The van der Waals surface area contributed by atoms with Crippen LogP contribution in [0.1, 0.15) is 17.3 Å². The van der Waals surface area contributed by atoms with E-state index in [-0.39, 0.29) is 11.9 Å². The Balaban J connectivity index is 2.22. The first-order chi connectivity index (χ1) is 8.60. The fourth-order valence-electron chi connectivity index (χ4n) is 1.79. The number of hydrogen-bond donors (Lipinski definition) is 2. The molecule has 1 heterocycles. The highest BCUT2D eigenvalue weighted by atomic mass is 35.5. The lowest BCUT2D eigenvalue weighted by atomic mass is 10.0. The fourth-order valence-corrected chi connectivity index (χ4v) is 1.98. The SMILES string of the molecule is Cn1ccc(C(Cc2cc(Cl)ccc2F)NN)n1. The Kier molecular flexibility index (Phi) is 3.96. The summed E-state index contributed by atoms with van der Waals surface area (Å²) in [7, 11) is 1.82. The van der Waals surface area contributed by atoms with Crippen molar-refractivity contribution in [3.63, 3.8) is 0 Å². The van der Waals surface area contributed by atoms with Crippen molar-refractivity contribution in [3.8, 4) is 0 Å². The molecule has 4 nitrogen and oxygen atoms in total. The largest absolute Gasteiger partial charge is 0.275 e. The molecule has 2 aromatic rings. The van der Waals surface area contributed by atoms with Crippen molar-refractivity contribution >= 4 is 11.6 Å². The number of nitrogens with two attached hydrogens (primary N) is 1. The van der Waals surface area contributed by atoms with Gasteiger partial charge in [0.15, 0.2) is 0 Å². The molecule has 0 aliphatic heterocycles. The molecule has 1 aromatic carbocycles. The monoisotopic (exact) mass is 268 g/mol. The first-order valence-corrected chi connectivity index (χ1v) is 5.87. The van der Waals surface area contributed by atoms with Gasteiger partial charge in [0.2, 0.25) is 0 Å². The average molecular weight is 269 g/mol. The predicted octanol–water partition coefficient (Wildman–Crippen LogP) is 1.96. The van der Waals surface area contributed by atoms with Crippen LogP contribution in [-0.2, 0) is 13.5 Å². The van der Waals surface area contributed by atoms with E-state index in [1.807, 2.05) is 19.3 Å². The summed E-state index contributed by atoms with van der Waals surface area (Å²) >= 11 is 5.86. The zero-order chi connectivity index (χ0) is 13.1.